The zero-order valence-electron chi connectivity index (χ0n) is 16.9. The zero-order valence-corrected chi connectivity index (χ0v) is 16.9. The van der Waals surface area contributed by atoms with Crippen molar-refractivity contribution >= 4 is 12.2 Å². The van der Waals surface area contributed by atoms with Gasteiger partial charge >= 0.3 is 6.09 Å². The number of carbonyl (C=O) groups is 1. The molecular formula is C24H25NO5. The molecule has 2 aromatic rings. The van der Waals surface area contributed by atoms with Crippen LogP contribution < -0.4 is 4.74 Å². The minimum Gasteiger partial charge on any atom is -0.504 e. The fraction of sp³-hybridized carbons (Fsp3) is 0.292. The fourth-order valence-electron chi connectivity index (χ4n) is 3.53. The molecule has 2 aromatic carbocycles. The molecule has 1 aliphatic rings. The van der Waals surface area contributed by atoms with Crippen molar-refractivity contribution in [2.24, 2.45) is 0 Å². The third kappa shape index (κ3) is 5.13. The standard InChI is InChI=1S/C24H25NO5/c1-3-14-25(21-12-11-19-8-4-5-9-20(19)21)24(27)30-17-29-15-6-7-18-10-13-22(26)23(16-18)28-2/h1,4-10,13,16,21,26H,11-12,14-15,17H2,2H3/b7-6+/t21-/m1/s1. The van der Waals surface area contributed by atoms with E-state index >= 15 is 0 Å². The van der Waals surface area contributed by atoms with Crippen LogP contribution in [0.5, 0.6) is 11.5 Å². The molecule has 1 N–H and O–H groups in total. The molecule has 0 aliphatic heterocycles. The molecule has 6 nitrogen and oxygen atoms in total. The van der Waals surface area contributed by atoms with Crippen molar-refractivity contribution in [2.75, 3.05) is 27.1 Å². The Bertz CT molecular complexity index is 947. The van der Waals surface area contributed by atoms with Crippen LogP contribution in [0.1, 0.15) is 29.2 Å². The van der Waals surface area contributed by atoms with E-state index in [2.05, 4.69) is 12.0 Å². The molecule has 0 unspecified atom stereocenters. The summed E-state index contributed by atoms with van der Waals surface area (Å²) in [7, 11) is 1.49. The first-order valence-electron chi connectivity index (χ1n) is 9.70. The maximum Gasteiger partial charge on any atom is 0.413 e. The van der Waals surface area contributed by atoms with E-state index in [4.69, 9.17) is 20.6 Å². The Labute approximate surface area is 176 Å². The molecule has 1 aliphatic carbocycles. The van der Waals surface area contributed by atoms with Crippen LogP contribution in [0.25, 0.3) is 6.08 Å². The van der Waals surface area contributed by atoms with E-state index in [0.717, 1.165) is 24.0 Å². The number of benzene rings is 2. The zero-order chi connectivity index (χ0) is 21.3. The summed E-state index contributed by atoms with van der Waals surface area (Å²) in [5.41, 5.74) is 3.22. The lowest BCUT2D eigenvalue weighted by molar-refractivity contribution is -0.0204. The molecule has 0 aromatic heterocycles. The summed E-state index contributed by atoms with van der Waals surface area (Å²) in [5, 5.41) is 9.61. The first kappa shape index (κ1) is 21.3. The van der Waals surface area contributed by atoms with Crippen molar-refractivity contribution in [3.8, 4) is 23.8 Å². The number of rotatable bonds is 8. The van der Waals surface area contributed by atoms with E-state index in [0.29, 0.717) is 5.75 Å². The van der Waals surface area contributed by atoms with Gasteiger partial charge in [-0.15, -0.1) is 6.42 Å². The quantitative estimate of drug-likeness (QED) is 0.405. The van der Waals surface area contributed by atoms with E-state index in [1.54, 1.807) is 29.2 Å². The van der Waals surface area contributed by atoms with Gasteiger partial charge in [-0.1, -0.05) is 48.4 Å². The van der Waals surface area contributed by atoms with Gasteiger partial charge in [0.15, 0.2) is 18.3 Å². The number of fused-ring (bicyclic) bond motifs is 1. The highest BCUT2D eigenvalue weighted by Crippen LogP contribution is 2.35. The van der Waals surface area contributed by atoms with Crippen LogP contribution in [0.15, 0.2) is 48.5 Å². The average Bonchev–Trinajstić information content (AvgIpc) is 3.19. The molecule has 0 heterocycles. The van der Waals surface area contributed by atoms with Crippen LogP contribution in [0, 0.1) is 12.3 Å². The number of ether oxygens (including phenoxy) is 3. The molecule has 0 spiro atoms. The van der Waals surface area contributed by atoms with Crippen LogP contribution in [0.3, 0.4) is 0 Å². The number of aryl methyl sites for hydroxylation is 1. The van der Waals surface area contributed by atoms with E-state index in [1.165, 1.54) is 12.7 Å². The van der Waals surface area contributed by atoms with Crippen LogP contribution in [0.4, 0.5) is 4.79 Å². The number of aromatic hydroxyl groups is 1. The summed E-state index contributed by atoms with van der Waals surface area (Å²) in [4.78, 5) is 14.1. The normalized spacial score (nSPS) is 14.9. The average molecular weight is 407 g/mol. The SMILES string of the molecule is C#CCN(C(=O)OCOC/C=C/c1ccc(O)c(OC)c1)[C@@H]1CCc2ccccc21. The number of hydrogen-bond acceptors (Lipinski definition) is 5. The topological polar surface area (TPSA) is 68.2 Å². The minimum atomic E-state index is -0.484. The van der Waals surface area contributed by atoms with E-state index in [1.807, 2.05) is 24.3 Å². The summed E-state index contributed by atoms with van der Waals surface area (Å²) in [6.45, 7) is 0.274. The van der Waals surface area contributed by atoms with Crippen molar-refractivity contribution < 1.29 is 24.1 Å². The molecule has 156 valence electrons. The Morgan fingerprint density at radius 1 is 1.33 bits per heavy atom. The summed E-state index contributed by atoms with van der Waals surface area (Å²) in [6.07, 6.45) is 10.3. The van der Waals surface area contributed by atoms with Gasteiger partial charge in [0, 0.05) is 0 Å². The number of nitrogens with zero attached hydrogens (tertiary/aromatic N) is 1. The summed E-state index contributed by atoms with van der Waals surface area (Å²) >= 11 is 0. The molecule has 6 heteroatoms. The fourth-order valence-corrected chi connectivity index (χ4v) is 3.53. The van der Waals surface area contributed by atoms with Crippen molar-refractivity contribution in [1.82, 2.24) is 4.90 Å². The van der Waals surface area contributed by atoms with Crippen LogP contribution in [-0.4, -0.2) is 43.2 Å². The van der Waals surface area contributed by atoms with Gasteiger partial charge in [-0.25, -0.2) is 4.79 Å². The highest BCUT2D eigenvalue weighted by molar-refractivity contribution is 5.69. The number of hydrogen-bond donors (Lipinski definition) is 1. The Kier molecular flexibility index (Phi) is 7.36. The van der Waals surface area contributed by atoms with E-state index < -0.39 is 6.09 Å². The number of methoxy groups -OCH3 is 1. The second-order valence-corrected chi connectivity index (χ2v) is 6.82. The third-order valence-corrected chi connectivity index (χ3v) is 4.97. The van der Waals surface area contributed by atoms with Crippen molar-refractivity contribution in [1.29, 1.82) is 0 Å². The Morgan fingerprint density at radius 3 is 2.97 bits per heavy atom. The highest BCUT2D eigenvalue weighted by atomic mass is 16.7. The van der Waals surface area contributed by atoms with Crippen molar-refractivity contribution in [2.45, 2.75) is 18.9 Å². The second-order valence-electron chi connectivity index (χ2n) is 6.82. The minimum absolute atomic E-state index is 0.0749. The molecule has 1 atom stereocenters. The maximum atomic E-state index is 12.6. The number of phenolic OH excluding ortho intramolecular Hbond substituents is 1. The van der Waals surface area contributed by atoms with Gasteiger partial charge in [0.05, 0.1) is 26.3 Å². The van der Waals surface area contributed by atoms with Crippen LogP contribution in [-0.2, 0) is 15.9 Å². The second kappa shape index (κ2) is 10.4. The molecule has 0 bridgehead atoms. The van der Waals surface area contributed by atoms with E-state index in [-0.39, 0.29) is 31.7 Å². The predicted octanol–water partition coefficient (Wildman–Crippen LogP) is 4.15. The van der Waals surface area contributed by atoms with Gasteiger partial charge in [0.2, 0.25) is 0 Å². The Balaban J connectivity index is 1.48. The van der Waals surface area contributed by atoms with Gasteiger partial charge in [-0.3, -0.25) is 4.90 Å². The number of terminal acetylenes is 1. The largest absolute Gasteiger partial charge is 0.504 e. The first-order chi connectivity index (χ1) is 14.6. The van der Waals surface area contributed by atoms with E-state index in [9.17, 15) is 9.90 Å². The predicted molar refractivity (Wildman–Crippen MR) is 114 cm³/mol. The molecule has 1 amide bonds. The van der Waals surface area contributed by atoms with Crippen LogP contribution >= 0.6 is 0 Å². The highest BCUT2D eigenvalue weighted by Gasteiger charge is 2.31. The van der Waals surface area contributed by atoms with Crippen LogP contribution in [0.2, 0.25) is 0 Å². The summed E-state index contributed by atoms with van der Waals surface area (Å²) in [6, 6.07) is 13.0. The van der Waals surface area contributed by atoms with Gasteiger partial charge < -0.3 is 19.3 Å². The number of carbonyl (C=O) groups excluding carboxylic acids is 1. The van der Waals surface area contributed by atoms with Gasteiger partial charge in [-0.05, 0) is 41.7 Å². The Morgan fingerprint density at radius 2 is 2.17 bits per heavy atom. The molecule has 0 fully saturated rings. The lowest BCUT2D eigenvalue weighted by Crippen LogP contribution is -2.35. The van der Waals surface area contributed by atoms with Crippen molar-refractivity contribution in [3.05, 3.63) is 65.2 Å². The lowest BCUT2D eigenvalue weighted by atomic mass is 10.1. The molecule has 30 heavy (non-hydrogen) atoms. The molecular weight excluding hydrogens is 382 g/mol. The maximum absolute atomic E-state index is 12.6. The summed E-state index contributed by atoms with van der Waals surface area (Å²) in [5.74, 6) is 3.02. The van der Waals surface area contributed by atoms with Gasteiger partial charge in [0.25, 0.3) is 0 Å². The molecule has 0 saturated carbocycles. The first-order valence-corrected chi connectivity index (χ1v) is 9.70. The molecule has 0 radical (unpaired) electrons. The number of amides is 1. The number of phenols is 1. The van der Waals surface area contributed by atoms with Gasteiger partial charge in [-0.2, -0.15) is 0 Å². The molecule has 3 rings (SSSR count). The monoisotopic (exact) mass is 407 g/mol. The third-order valence-electron chi connectivity index (χ3n) is 4.97. The lowest BCUT2D eigenvalue weighted by Gasteiger charge is -2.27. The molecule has 0 saturated heterocycles. The summed E-state index contributed by atoms with van der Waals surface area (Å²) < 4.78 is 15.7. The smallest absolute Gasteiger partial charge is 0.413 e. The Hall–Kier alpha value is -3.43. The van der Waals surface area contributed by atoms with Crippen molar-refractivity contribution in [3.63, 3.8) is 0 Å². The van der Waals surface area contributed by atoms with Gasteiger partial charge in [0.1, 0.15) is 0 Å².